The molecule has 0 bridgehead atoms. The summed E-state index contributed by atoms with van der Waals surface area (Å²) in [6.45, 7) is 3.79. The first kappa shape index (κ1) is 10.4. The number of pyridine rings is 1. The molecule has 0 saturated carbocycles. The molecule has 14 heavy (non-hydrogen) atoms. The van der Waals surface area contributed by atoms with Crippen molar-refractivity contribution in [1.82, 2.24) is 10.3 Å². The lowest BCUT2D eigenvalue weighted by atomic mass is 10.2. The van der Waals surface area contributed by atoms with E-state index in [2.05, 4.69) is 10.3 Å². The van der Waals surface area contributed by atoms with Crippen molar-refractivity contribution in [1.29, 1.82) is 0 Å². The number of rotatable bonds is 3. The zero-order valence-corrected chi connectivity index (χ0v) is 8.20. The summed E-state index contributed by atoms with van der Waals surface area (Å²) in [5, 5.41) is 2.62. The molecule has 0 spiro atoms. The number of amides is 1. The Hall–Kier alpha value is -1.71. The van der Waals surface area contributed by atoms with Crippen molar-refractivity contribution in [3.63, 3.8) is 0 Å². The first-order valence-electron chi connectivity index (χ1n) is 4.41. The highest BCUT2D eigenvalue weighted by atomic mass is 16.2. The molecular weight excluding hydrogens is 180 g/mol. The van der Waals surface area contributed by atoms with Gasteiger partial charge in [0.2, 0.25) is 0 Å². The Labute approximate surface area is 82.3 Å². The summed E-state index contributed by atoms with van der Waals surface area (Å²) in [5.41, 5.74) is 0.591. The van der Waals surface area contributed by atoms with E-state index < -0.39 is 0 Å². The molecule has 0 unspecified atom stereocenters. The highest BCUT2D eigenvalue weighted by Crippen LogP contribution is 2.00. The second-order valence-corrected chi connectivity index (χ2v) is 2.82. The summed E-state index contributed by atoms with van der Waals surface area (Å²) >= 11 is 0. The maximum absolute atomic E-state index is 11.3. The number of carbonyl (C=O) groups excluding carboxylic acids is 2. The van der Waals surface area contributed by atoms with Crippen LogP contribution in [0.1, 0.15) is 34.8 Å². The quantitative estimate of drug-likeness (QED) is 0.728. The maximum Gasteiger partial charge on any atom is 0.269 e. The van der Waals surface area contributed by atoms with Crippen molar-refractivity contribution in [2.45, 2.75) is 13.8 Å². The van der Waals surface area contributed by atoms with Crippen molar-refractivity contribution in [3.8, 4) is 0 Å². The third kappa shape index (κ3) is 2.39. The van der Waals surface area contributed by atoms with Crippen LogP contribution in [-0.4, -0.2) is 23.2 Å². The molecular formula is C10H12N2O2. The molecule has 1 aromatic rings. The van der Waals surface area contributed by atoms with E-state index in [1.807, 2.05) is 6.92 Å². The fourth-order valence-corrected chi connectivity index (χ4v) is 1.01. The minimum Gasteiger partial charge on any atom is -0.351 e. The molecule has 0 aliphatic heterocycles. The molecule has 0 aliphatic carbocycles. The number of ketones is 1. The predicted molar refractivity (Wildman–Crippen MR) is 52.2 cm³/mol. The number of hydrogen-bond donors (Lipinski definition) is 1. The summed E-state index contributed by atoms with van der Waals surface area (Å²) < 4.78 is 0. The van der Waals surface area contributed by atoms with E-state index >= 15 is 0 Å². The third-order valence-electron chi connectivity index (χ3n) is 1.68. The van der Waals surface area contributed by atoms with E-state index in [4.69, 9.17) is 0 Å². The minimum atomic E-state index is -0.254. The molecule has 1 amide bonds. The molecule has 4 heteroatoms. The molecule has 0 aromatic carbocycles. The lowest BCUT2D eigenvalue weighted by Crippen LogP contribution is -2.24. The first-order chi connectivity index (χ1) is 6.65. The zero-order valence-electron chi connectivity index (χ0n) is 8.20. The fraction of sp³-hybridized carbons (Fsp3) is 0.300. The molecule has 4 nitrogen and oxygen atoms in total. The predicted octanol–water partition coefficient (Wildman–Crippen LogP) is 1.03. The highest BCUT2D eigenvalue weighted by molar-refractivity contribution is 5.96. The van der Waals surface area contributed by atoms with E-state index in [0.717, 1.165) is 0 Å². The molecule has 0 aliphatic rings. The van der Waals surface area contributed by atoms with E-state index in [0.29, 0.717) is 12.2 Å². The Morgan fingerprint density at radius 1 is 1.36 bits per heavy atom. The largest absolute Gasteiger partial charge is 0.351 e. The average molecular weight is 192 g/mol. The van der Waals surface area contributed by atoms with E-state index in [-0.39, 0.29) is 17.4 Å². The summed E-state index contributed by atoms with van der Waals surface area (Å²) in [7, 11) is 0. The van der Waals surface area contributed by atoms with Crippen LogP contribution in [0.5, 0.6) is 0 Å². The molecule has 1 N–H and O–H groups in total. The topological polar surface area (TPSA) is 59.1 Å². The van der Waals surface area contributed by atoms with Crippen LogP contribution in [-0.2, 0) is 0 Å². The SMILES string of the molecule is CCNC(=O)c1cccc(C(C)=O)n1. The fourth-order valence-electron chi connectivity index (χ4n) is 1.01. The van der Waals surface area contributed by atoms with Crippen molar-refractivity contribution in [3.05, 3.63) is 29.6 Å². The van der Waals surface area contributed by atoms with Crippen molar-refractivity contribution < 1.29 is 9.59 Å². The minimum absolute atomic E-state index is 0.142. The number of nitrogens with one attached hydrogen (secondary N) is 1. The Bertz CT molecular complexity index is 361. The van der Waals surface area contributed by atoms with Gasteiger partial charge in [-0.15, -0.1) is 0 Å². The van der Waals surface area contributed by atoms with Gasteiger partial charge in [0, 0.05) is 13.5 Å². The Kier molecular flexibility index (Phi) is 3.34. The van der Waals surface area contributed by atoms with E-state index in [1.165, 1.54) is 6.92 Å². The van der Waals surface area contributed by atoms with Crippen LogP contribution >= 0.6 is 0 Å². The van der Waals surface area contributed by atoms with Gasteiger partial charge in [-0.05, 0) is 19.1 Å². The van der Waals surface area contributed by atoms with Gasteiger partial charge in [0.15, 0.2) is 5.78 Å². The van der Waals surface area contributed by atoms with Gasteiger partial charge < -0.3 is 5.32 Å². The molecule has 0 radical (unpaired) electrons. The zero-order chi connectivity index (χ0) is 10.6. The van der Waals surface area contributed by atoms with Gasteiger partial charge >= 0.3 is 0 Å². The molecule has 1 aromatic heterocycles. The maximum atomic E-state index is 11.3. The smallest absolute Gasteiger partial charge is 0.269 e. The van der Waals surface area contributed by atoms with Crippen LogP contribution in [0.2, 0.25) is 0 Å². The summed E-state index contributed by atoms with van der Waals surface area (Å²) in [5.74, 6) is -0.397. The number of Topliss-reactive ketones (excluding diaryl/α,β-unsaturated/α-hetero) is 1. The second kappa shape index (κ2) is 4.50. The standard InChI is InChI=1S/C10H12N2O2/c1-3-11-10(14)9-6-4-5-8(12-9)7(2)13/h4-6H,3H2,1-2H3,(H,11,14). The lowest BCUT2D eigenvalue weighted by molar-refractivity contribution is 0.0950. The van der Waals surface area contributed by atoms with Crippen molar-refractivity contribution >= 4 is 11.7 Å². The van der Waals surface area contributed by atoms with Crippen LogP contribution in [0.15, 0.2) is 18.2 Å². The van der Waals surface area contributed by atoms with Crippen molar-refractivity contribution in [2.24, 2.45) is 0 Å². The van der Waals surface area contributed by atoms with Gasteiger partial charge in [0.25, 0.3) is 5.91 Å². The van der Waals surface area contributed by atoms with Gasteiger partial charge in [0.05, 0.1) is 0 Å². The molecule has 0 atom stereocenters. The Morgan fingerprint density at radius 2 is 2.00 bits per heavy atom. The van der Waals surface area contributed by atoms with Crippen LogP contribution < -0.4 is 5.32 Å². The summed E-state index contributed by atoms with van der Waals surface area (Å²) in [6.07, 6.45) is 0. The molecule has 74 valence electrons. The van der Waals surface area contributed by atoms with Gasteiger partial charge in [0.1, 0.15) is 11.4 Å². The van der Waals surface area contributed by atoms with Gasteiger partial charge in [-0.3, -0.25) is 9.59 Å². The van der Waals surface area contributed by atoms with Crippen molar-refractivity contribution in [2.75, 3.05) is 6.54 Å². The third-order valence-corrected chi connectivity index (χ3v) is 1.68. The first-order valence-corrected chi connectivity index (χ1v) is 4.41. The number of nitrogens with zero attached hydrogens (tertiary/aromatic N) is 1. The second-order valence-electron chi connectivity index (χ2n) is 2.82. The lowest BCUT2D eigenvalue weighted by Gasteiger charge is -2.01. The van der Waals surface area contributed by atoms with Crippen LogP contribution in [0.3, 0.4) is 0 Å². The summed E-state index contributed by atoms with van der Waals surface area (Å²) in [4.78, 5) is 26.2. The summed E-state index contributed by atoms with van der Waals surface area (Å²) in [6, 6.07) is 4.82. The Morgan fingerprint density at radius 3 is 2.57 bits per heavy atom. The number of hydrogen-bond acceptors (Lipinski definition) is 3. The van der Waals surface area contributed by atoms with Crippen LogP contribution in [0.25, 0.3) is 0 Å². The average Bonchev–Trinajstić information content (AvgIpc) is 2.18. The number of carbonyl (C=O) groups is 2. The molecule has 0 saturated heterocycles. The number of aromatic nitrogens is 1. The van der Waals surface area contributed by atoms with Gasteiger partial charge in [-0.2, -0.15) is 0 Å². The molecule has 1 heterocycles. The van der Waals surface area contributed by atoms with Gasteiger partial charge in [-0.25, -0.2) is 4.98 Å². The Balaban J connectivity index is 2.93. The monoisotopic (exact) mass is 192 g/mol. The normalized spacial score (nSPS) is 9.57. The molecule has 1 rings (SSSR count). The van der Waals surface area contributed by atoms with Crippen LogP contribution in [0, 0.1) is 0 Å². The van der Waals surface area contributed by atoms with E-state index in [1.54, 1.807) is 18.2 Å². The van der Waals surface area contributed by atoms with E-state index in [9.17, 15) is 9.59 Å². The van der Waals surface area contributed by atoms with Gasteiger partial charge in [-0.1, -0.05) is 6.07 Å². The molecule has 0 fully saturated rings. The highest BCUT2D eigenvalue weighted by Gasteiger charge is 2.07. The van der Waals surface area contributed by atoms with Crippen LogP contribution in [0.4, 0.5) is 0 Å².